The SMILES string of the molecule is CCCCCNC(=O)C(c1ccc(C)cc1)N(C(=O)C(Cc1ccc(O)cc1)NC(=O)OC(C)(C)C)C(C)(C)C. The molecule has 40 heavy (non-hydrogen) atoms. The van der Waals surface area contributed by atoms with Crippen molar-refractivity contribution in [2.24, 2.45) is 0 Å². The summed E-state index contributed by atoms with van der Waals surface area (Å²) in [6, 6.07) is 12.1. The van der Waals surface area contributed by atoms with Crippen LogP contribution in [0.1, 0.15) is 90.5 Å². The maximum absolute atomic E-state index is 14.5. The minimum absolute atomic E-state index is 0.0993. The zero-order chi connectivity index (χ0) is 30.1. The number of carbonyl (C=O) groups excluding carboxylic acids is 3. The molecule has 2 unspecified atom stereocenters. The highest BCUT2D eigenvalue weighted by atomic mass is 16.6. The number of amides is 3. The van der Waals surface area contributed by atoms with Crippen LogP contribution in [-0.4, -0.2) is 51.6 Å². The maximum atomic E-state index is 14.5. The number of nitrogens with one attached hydrogen (secondary N) is 2. The molecule has 2 rings (SSSR count). The van der Waals surface area contributed by atoms with Gasteiger partial charge in [0.15, 0.2) is 0 Å². The molecule has 3 N–H and O–H groups in total. The second kappa shape index (κ2) is 14.2. The number of aromatic hydroxyl groups is 1. The van der Waals surface area contributed by atoms with Crippen molar-refractivity contribution in [3.8, 4) is 5.75 Å². The molecular formula is C32H47N3O5. The first-order valence-corrected chi connectivity index (χ1v) is 14.1. The molecule has 2 aromatic carbocycles. The van der Waals surface area contributed by atoms with Crippen LogP contribution in [0.4, 0.5) is 4.79 Å². The van der Waals surface area contributed by atoms with Gasteiger partial charge in [-0.25, -0.2) is 4.79 Å². The van der Waals surface area contributed by atoms with Crippen molar-refractivity contribution in [2.75, 3.05) is 6.54 Å². The Morgan fingerprint density at radius 2 is 1.52 bits per heavy atom. The number of hydrogen-bond donors (Lipinski definition) is 3. The highest BCUT2D eigenvalue weighted by molar-refractivity contribution is 5.92. The molecule has 8 nitrogen and oxygen atoms in total. The van der Waals surface area contributed by atoms with E-state index in [1.807, 2.05) is 52.0 Å². The van der Waals surface area contributed by atoms with Gasteiger partial charge in [0.2, 0.25) is 11.8 Å². The number of nitrogens with zero attached hydrogens (tertiary/aromatic N) is 1. The number of alkyl carbamates (subject to hydrolysis) is 1. The fourth-order valence-corrected chi connectivity index (χ4v) is 4.38. The van der Waals surface area contributed by atoms with Gasteiger partial charge in [0.25, 0.3) is 0 Å². The summed E-state index contributed by atoms with van der Waals surface area (Å²) in [5.74, 6) is -0.591. The van der Waals surface area contributed by atoms with Crippen LogP contribution in [-0.2, 0) is 20.7 Å². The van der Waals surface area contributed by atoms with E-state index < -0.39 is 35.2 Å². The molecule has 0 fully saturated rings. The quantitative estimate of drug-likeness (QED) is 0.304. The average Bonchev–Trinajstić information content (AvgIpc) is 2.84. The van der Waals surface area contributed by atoms with Crippen LogP contribution in [0.2, 0.25) is 0 Å². The summed E-state index contributed by atoms with van der Waals surface area (Å²) >= 11 is 0. The summed E-state index contributed by atoms with van der Waals surface area (Å²) in [6.45, 7) is 15.5. The van der Waals surface area contributed by atoms with Crippen molar-refractivity contribution in [3.63, 3.8) is 0 Å². The van der Waals surface area contributed by atoms with Gasteiger partial charge in [-0.05, 0) is 78.1 Å². The van der Waals surface area contributed by atoms with E-state index in [1.54, 1.807) is 37.8 Å². The fraction of sp³-hybridized carbons (Fsp3) is 0.531. The number of aryl methyl sites for hydroxylation is 1. The molecule has 2 aromatic rings. The Hall–Kier alpha value is -3.55. The molecular weight excluding hydrogens is 506 g/mol. The number of benzene rings is 2. The monoisotopic (exact) mass is 553 g/mol. The molecule has 0 saturated heterocycles. The third-order valence-corrected chi connectivity index (χ3v) is 6.30. The summed E-state index contributed by atoms with van der Waals surface area (Å²) in [4.78, 5) is 42.7. The number of phenolic OH excluding ortho intramolecular Hbond substituents is 1. The lowest BCUT2D eigenvalue weighted by Gasteiger charge is -2.43. The van der Waals surface area contributed by atoms with Crippen molar-refractivity contribution in [1.29, 1.82) is 0 Å². The Kier molecular flexibility index (Phi) is 11.6. The van der Waals surface area contributed by atoms with Gasteiger partial charge in [-0.2, -0.15) is 0 Å². The van der Waals surface area contributed by atoms with Crippen LogP contribution >= 0.6 is 0 Å². The van der Waals surface area contributed by atoms with E-state index in [0.29, 0.717) is 12.1 Å². The van der Waals surface area contributed by atoms with E-state index in [0.717, 1.165) is 30.4 Å². The van der Waals surface area contributed by atoms with Crippen molar-refractivity contribution in [2.45, 2.75) is 104 Å². The van der Waals surface area contributed by atoms with E-state index in [9.17, 15) is 19.5 Å². The molecule has 220 valence electrons. The van der Waals surface area contributed by atoms with Gasteiger partial charge in [0.05, 0.1) is 0 Å². The van der Waals surface area contributed by atoms with Crippen molar-refractivity contribution >= 4 is 17.9 Å². The van der Waals surface area contributed by atoms with Gasteiger partial charge >= 0.3 is 6.09 Å². The number of ether oxygens (including phenoxy) is 1. The first kappa shape index (κ1) is 32.7. The lowest BCUT2D eigenvalue weighted by Crippen LogP contribution is -2.59. The standard InChI is InChI=1S/C32H47N3O5/c1-9-10-11-20-33-28(37)27(24-16-12-22(2)13-17-24)35(31(3,4)5)29(38)26(34-30(39)40-32(6,7)8)21-23-14-18-25(36)19-15-23/h12-19,26-27,36H,9-11,20-21H2,1-8H3,(H,33,37)(H,34,39). The van der Waals surface area contributed by atoms with E-state index in [-0.39, 0.29) is 18.1 Å². The Morgan fingerprint density at radius 1 is 0.925 bits per heavy atom. The molecule has 0 radical (unpaired) electrons. The van der Waals surface area contributed by atoms with E-state index in [2.05, 4.69) is 17.6 Å². The third kappa shape index (κ3) is 10.2. The molecule has 0 saturated carbocycles. The van der Waals surface area contributed by atoms with Gasteiger partial charge in [-0.1, -0.05) is 61.7 Å². The smallest absolute Gasteiger partial charge is 0.408 e. The van der Waals surface area contributed by atoms with Crippen LogP contribution < -0.4 is 10.6 Å². The Morgan fingerprint density at radius 3 is 2.05 bits per heavy atom. The highest BCUT2D eigenvalue weighted by Gasteiger charge is 2.41. The molecule has 0 aliphatic heterocycles. The molecule has 0 aromatic heterocycles. The van der Waals surface area contributed by atoms with Crippen LogP contribution in [0.25, 0.3) is 0 Å². The Labute approximate surface area is 239 Å². The number of hydrogen-bond acceptors (Lipinski definition) is 5. The van der Waals surface area contributed by atoms with Gasteiger partial charge in [-0.15, -0.1) is 0 Å². The molecule has 0 spiro atoms. The summed E-state index contributed by atoms with van der Waals surface area (Å²) in [7, 11) is 0. The maximum Gasteiger partial charge on any atom is 0.408 e. The minimum atomic E-state index is -1.03. The molecule has 8 heteroatoms. The van der Waals surface area contributed by atoms with Crippen LogP contribution in [0.5, 0.6) is 5.75 Å². The Balaban J connectivity index is 2.55. The van der Waals surface area contributed by atoms with Crippen molar-refractivity contribution in [3.05, 3.63) is 65.2 Å². The molecule has 3 amide bonds. The zero-order valence-electron chi connectivity index (χ0n) is 25.3. The van der Waals surface area contributed by atoms with Gasteiger partial charge < -0.3 is 25.4 Å². The Bertz CT molecular complexity index is 1120. The lowest BCUT2D eigenvalue weighted by atomic mass is 9.93. The van der Waals surface area contributed by atoms with Crippen LogP contribution in [0, 0.1) is 6.92 Å². The second-order valence-electron chi connectivity index (χ2n) is 12.3. The summed E-state index contributed by atoms with van der Waals surface area (Å²) < 4.78 is 5.48. The van der Waals surface area contributed by atoms with Gasteiger partial charge in [0, 0.05) is 18.5 Å². The van der Waals surface area contributed by atoms with E-state index in [4.69, 9.17) is 4.74 Å². The number of carbonyl (C=O) groups is 3. The second-order valence-corrected chi connectivity index (χ2v) is 12.3. The predicted molar refractivity (Wildman–Crippen MR) is 158 cm³/mol. The van der Waals surface area contributed by atoms with Crippen LogP contribution in [0.15, 0.2) is 48.5 Å². The van der Waals surface area contributed by atoms with Gasteiger partial charge in [0.1, 0.15) is 23.4 Å². The lowest BCUT2D eigenvalue weighted by molar-refractivity contribution is -0.148. The summed E-state index contributed by atoms with van der Waals surface area (Å²) in [5, 5.41) is 15.5. The van der Waals surface area contributed by atoms with E-state index in [1.165, 1.54) is 12.1 Å². The average molecular weight is 554 g/mol. The first-order valence-electron chi connectivity index (χ1n) is 14.1. The van der Waals surface area contributed by atoms with Crippen LogP contribution in [0.3, 0.4) is 0 Å². The number of phenols is 1. The largest absolute Gasteiger partial charge is 0.508 e. The number of unbranched alkanes of at least 4 members (excludes halogenated alkanes) is 2. The molecule has 2 atom stereocenters. The molecule has 0 bridgehead atoms. The van der Waals surface area contributed by atoms with Crippen molar-refractivity contribution < 1.29 is 24.2 Å². The summed E-state index contributed by atoms with van der Waals surface area (Å²) in [5.41, 5.74) is 0.912. The summed E-state index contributed by atoms with van der Waals surface area (Å²) in [6.07, 6.45) is 2.28. The predicted octanol–water partition coefficient (Wildman–Crippen LogP) is 5.81. The molecule has 0 aliphatic rings. The first-order chi connectivity index (χ1) is 18.6. The zero-order valence-corrected chi connectivity index (χ0v) is 25.3. The molecule has 0 aliphatic carbocycles. The van der Waals surface area contributed by atoms with Gasteiger partial charge in [-0.3, -0.25) is 9.59 Å². The fourth-order valence-electron chi connectivity index (χ4n) is 4.38. The number of rotatable bonds is 11. The minimum Gasteiger partial charge on any atom is -0.508 e. The topological polar surface area (TPSA) is 108 Å². The third-order valence-electron chi connectivity index (χ3n) is 6.30. The normalized spacial score (nSPS) is 13.2. The van der Waals surface area contributed by atoms with Crippen molar-refractivity contribution in [1.82, 2.24) is 15.5 Å². The molecule has 0 heterocycles. The van der Waals surface area contributed by atoms with E-state index >= 15 is 0 Å². The highest BCUT2D eigenvalue weighted by Crippen LogP contribution is 2.31.